The van der Waals surface area contributed by atoms with Crippen LogP contribution >= 0.6 is 54.1 Å². The number of hydroxylamine groups is 3. The topological polar surface area (TPSA) is 240 Å². The number of β-lactam (4-membered cyclic amide) rings is 1. The van der Waals surface area contributed by atoms with E-state index in [0.717, 1.165) is 29.1 Å². The summed E-state index contributed by atoms with van der Waals surface area (Å²) in [6.45, 7) is 1.61. The van der Waals surface area contributed by atoms with Crippen LogP contribution in [0.1, 0.15) is 12.7 Å². The van der Waals surface area contributed by atoms with Gasteiger partial charge >= 0.3 is 19.6 Å². The smallest absolute Gasteiger partial charge is 0.429 e. The third kappa shape index (κ3) is 6.41. The summed E-state index contributed by atoms with van der Waals surface area (Å²) in [6, 6.07) is 2.38. The van der Waals surface area contributed by atoms with Gasteiger partial charge in [0.1, 0.15) is 13.7 Å². The number of amides is 2. The van der Waals surface area contributed by atoms with E-state index in [1.54, 1.807) is 6.92 Å². The minimum absolute atomic E-state index is 0.0355. The van der Waals surface area contributed by atoms with Crippen LogP contribution in [0.4, 0.5) is 5.13 Å². The van der Waals surface area contributed by atoms with Crippen LogP contribution in [0.5, 0.6) is 0 Å². The Morgan fingerprint density at radius 3 is 2.70 bits per heavy atom. The number of anilines is 1. The number of thioether (sulfide) groups is 2. The molecule has 5 rings (SSSR count). The SMILES string of the molecule is CCO/N=C(\C(=O)N[C@@H]1C(=O)[N+]2([O-])C(C(=O)O)=C(Sc3nc(-c4cc[n+](C)cc4)cs3)CS[C@H]12)c1nsc(NP(=O)(O)O)n1. The molecule has 0 bridgehead atoms. The molecule has 0 spiro atoms. The first kappa shape index (κ1) is 32.1. The fourth-order valence-corrected chi connectivity index (χ4v) is 8.94. The Kier molecular flexibility index (Phi) is 9.21. The molecule has 2 aliphatic heterocycles. The zero-order chi connectivity index (χ0) is 31.8. The maximum absolute atomic E-state index is 13.8. The van der Waals surface area contributed by atoms with Gasteiger partial charge in [-0.1, -0.05) is 28.7 Å². The molecule has 5 heterocycles. The highest BCUT2D eigenvalue weighted by Gasteiger charge is 2.66. The number of quaternary nitrogens is 1. The summed E-state index contributed by atoms with van der Waals surface area (Å²) in [4.78, 5) is 70.4. The maximum Gasteiger partial charge on any atom is 0.429 e. The summed E-state index contributed by atoms with van der Waals surface area (Å²) in [5.41, 5.74) is 0.364. The molecule has 3 aromatic rings. The van der Waals surface area contributed by atoms with Gasteiger partial charge in [-0.15, -0.1) is 11.3 Å². The number of pyridine rings is 1. The molecule has 0 radical (unpaired) electrons. The van der Waals surface area contributed by atoms with Crippen molar-refractivity contribution in [1.82, 2.24) is 19.7 Å². The fourth-order valence-electron chi connectivity index (χ4n) is 4.13. The van der Waals surface area contributed by atoms with Crippen LogP contribution in [0, 0.1) is 5.21 Å². The number of rotatable bonds is 11. The number of carbonyl (C=O) groups is 3. The summed E-state index contributed by atoms with van der Waals surface area (Å²) in [6.07, 6.45) is 3.72. The predicted molar refractivity (Wildman–Crippen MR) is 160 cm³/mol. The van der Waals surface area contributed by atoms with Crippen molar-refractivity contribution in [2.24, 2.45) is 12.2 Å². The van der Waals surface area contributed by atoms with Crippen molar-refractivity contribution in [2.45, 2.75) is 22.7 Å². The Balaban J connectivity index is 1.35. The van der Waals surface area contributed by atoms with Gasteiger partial charge in [0.15, 0.2) is 22.1 Å². The predicted octanol–water partition coefficient (Wildman–Crippen LogP) is 1.23. The van der Waals surface area contributed by atoms with Crippen molar-refractivity contribution in [2.75, 3.05) is 17.4 Å². The monoisotopic (exact) mass is 701 g/mol. The van der Waals surface area contributed by atoms with Crippen LogP contribution in [-0.4, -0.2) is 81.2 Å². The van der Waals surface area contributed by atoms with Crippen molar-refractivity contribution >= 4 is 82.8 Å². The summed E-state index contributed by atoms with van der Waals surface area (Å²) in [5.74, 6) is -3.97. The minimum Gasteiger partial charge on any atom is -0.619 e. The van der Waals surface area contributed by atoms with E-state index in [1.165, 1.54) is 11.3 Å². The Morgan fingerprint density at radius 2 is 2.05 bits per heavy atom. The van der Waals surface area contributed by atoms with Crippen LogP contribution in [0.3, 0.4) is 0 Å². The number of hydrogen-bond acceptors (Lipinski definition) is 14. The number of carbonyl (C=O) groups excluding carboxylic acids is 2. The van der Waals surface area contributed by atoms with Gasteiger partial charge in [0.05, 0.1) is 10.6 Å². The van der Waals surface area contributed by atoms with Crippen LogP contribution in [0.2, 0.25) is 0 Å². The number of nitrogens with zero attached hydrogens (tertiary/aromatic N) is 6. The van der Waals surface area contributed by atoms with Gasteiger partial charge in [0, 0.05) is 40.4 Å². The van der Waals surface area contributed by atoms with Gasteiger partial charge in [-0.2, -0.15) is 9.36 Å². The molecule has 3 atom stereocenters. The van der Waals surface area contributed by atoms with E-state index in [1.807, 2.05) is 46.6 Å². The molecular formula is C22H22N8O9PS4+. The molecule has 5 N–H and O–H groups in total. The summed E-state index contributed by atoms with van der Waals surface area (Å²) in [5, 5.41) is 32.0. The van der Waals surface area contributed by atoms with Crippen LogP contribution in [0.25, 0.3) is 11.3 Å². The lowest BCUT2D eigenvalue weighted by molar-refractivity contribution is -0.804. The summed E-state index contributed by atoms with van der Waals surface area (Å²) in [7, 11) is -2.83. The zero-order valence-corrected chi connectivity index (χ0v) is 26.7. The van der Waals surface area contributed by atoms with E-state index in [2.05, 4.69) is 24.8 Å². The van der Waals surface area contributed by atoms with Gasteiger partial charge in [0.25, 0.3) is 5.91 Å². The number of fused-ring (bicyclic) bond motifs is 1. The Bertz CT molecular complexity index is 1740. The van der Waals surface area contributed by atoms with E-state index < -0.39 is 53.0 Å². The largest absolute Gasteiger partial charge is 0.619 e. The molecule has 232 valence electrons. The van der Waals surface area contributed by atoms with Gasteiger partial charge < -0.3 is 30.3 Å². The number of oxime groups is 1. The van der Waals surface area contributed by atoms with Crippen LogP contribution in [-0.2, 0) is 30.8 Å². The highest BCUT2D eigenvalue weighted by Crippen LogP contribution is 2.51. The minimum atomic E-state index is -4.71. The fraction of sp³-hybridized carbons (Fsp3) is 0.273. The van der Waals surface area contributed by atoms with E-state index >= 15 is 0 Å². The number of hydrogen-bond donors (Lipinski definition) is 5. The van der Waals surface area contributed by atoms with Crippen molar-refractivity contribution in [1.29, 1.82) is 0 Å². The maximum atomic E-state index is 13.8. The van der Waals surface area contributed by atoms with Gasteiger partial charge in [-0.25, -0.2) is 28.4 Å². The van der Waals surface area contributed by atoms with Crippen molar-refractivity contribution in [3.8, 4) is 11.3 Å². The zero-order valence-electron chi connectivity index (χ0n) is 22.5. The lowest BCUT2D eigenvalue weighted by Crippen LogP contribution is -2.79. The second-order valence-corrected chi connectivity index (χ2v) is 14.4. The molecule has 1 fully saturated rings. The number of aromatic nitrogens is 4. The summed E-state index contributed by atoms with van der Waals surface area (Å²) >= 11 is 3.82. The van der Waals surface area contributed by atoms with E-state index in [9.17, 15) is 29.3 Å². The van der Waals surface area contributed by atoms with E-state index in [4.69, 9.17) is 14.6 Å². The van der Waals surface area contributed by atoms with E-state index in [-0.39, 0.29) is 28.2 Å². The molecule has 44 heavy (non-hydrogen) atoms. The van der Waals surface area contributed by atoms with Gasteiger partial charge in [-0.3, -0.25) is 9.88 Å². The number of carboxylic acids is 1. The molecule has 1 saturated heterocycles. The Labute approximate surface area is 264 Å². The Hall–Kier alpha value is -3.27. The van der Waals surface area contributed by atoms with Gasteiger partial charge in [0.2, 0.25) is 28.4 Å². The number of aryl methyl sites for hydroxylation is 1. The molecule has 1 unspecified atom stereocenters. The number of nitrogens with one attached hydrogen (secondary N) is 2. The first-order valence-corrected chi connectivity index (χ1v) is 17.5. The molecule has 0 aliphatic carbocycles. The second-order valence-electron chi connectivity index (χ2n) is 9.02. The highest BCUT2D eigenvalue weighted by molar-refractivity contribution is 8.07. The lowest BCUT2D eigenvalue weighted by Gasteiger charge is -2.57. The second kappa shape index (κ2) is 12.6. The molecule has 22 heteroatoms. The van der Waals surface area contributed by atoms with Crippen LogP contribution in [0.15, 0.2) is 50.0 Å². The van der Waals surface area contributed by atoms with Gasteiger partial charge in [-0.05, 0) is 6.92 Å². The first-order valence-electron chi connectivity index (χ1n) is 12.3. The molecule has 0 aromatic carbocycles. The lowest BCUT2D eigenvalue weighted by atomic mass is 10.0. The Morgan fingerprint density at radius 1 is 1.32 bits per heavy atom. The molecule has 2 aliphatic rings. The average molecular weight is 702 g/mol. The number of aliphatic carboxylic acids is 1. The molecule has 0 saturated carbocycles. The number of carboxylic acid groups (broad SMARTS) is 1. The quantitative estimate of drug-likeness (QED) is 0.0359. The molecule has 2 amide bonds. The number of thiazole rings is 1. The van der Waals surface area contributed by atoms with Crippen molar-refractivity contribution in [3.05, 3.63) is 51.5 Å². The average Bonchev–Trinajstić information content (AvgIpc) is 3.61. The summed E-state index contributed by atoms with van der Waals surface area (Å²) < 4.78 is 15.6. The third-order valence-electron chi connectivity index (χ3n) is 6.05. The van der Waals surface area contributed by atoms with E-state index in [0.29, 0.717) is 21.6 Å². The standard InChI is InChI=1S/C22H21N8O9PS4/c1-3-39-26-13(16-25-21(44-28-16)27-40(36,37)38)17(31)24-14-18(32)30(35)15(20(33)34)12(9-41-19(14)30)43-22-23-11(8-42-22)10-4-6-29(2)7-5-10/h4-8,14,19H,3,9H2,1-2H3,(H4-,24,25,27,28,31,33,34,36,37,38)/p+1/b26-13-/t14-,19-,30?/m1/s1. The van der Waals surface area contributed by atoms with Crippen molar-refractivity contribution < 1.29 is 47.9 Å². The molecule has 3 aromatic heterocycles. The van der Waals surface area contributed by atoms with Crippen LogP contribution < -0.4 is 15.0 Å². The first-order chi connectivity index (χ1) is 20.8. The third-order valence-corrected chi connectivity index (χ3v) is 10.9. The normalized spacial score (nSPS) is 21.8. The highest BCUT2D eigenvalue weighted by atomic mass is 32.2. The van der Waals surface area contributed by atoms with Crippen molar-refractivity contribution in [3.63, 3.8) is 0 Å². The molecular weight excluding hydrogens is 680 g/mol. The molecule has 17 nitrogen and oxygen atoms in total.